The van der Waals surface area contributed by atoms with Crippen LogP contribution in [0, 0.1) is 0 Å². The molecule has 3 aromatic rings. The molecule has 0 heterocycles. The van der Waals surface area contributed by atoms with Gasteiger partial charge in [0.15, 0.2) is 0 Å². The van der Waals surface area contributed by atoms with E-state index in [0.717, 1.165) is 11.1 Å². The lowest BCUT2D eigenvalue weighted by Crippen LogP contribution is -2.28. The molecule has 0 aliphatic carbocycles. The van der Waals surface area contributed by atoms with E-state index >= 15 is 0 Å². The van der Waals surface area contributed by atoms with E-state index in [4.69, 9.17) is 10.5 Å². The monoisotopic (exact) mass is 443 g/mol. The maximum atomic E-state index is 12.4. The first kappa shape index (κ1) is 23.3. The number of para-hydroxylation sites is 1. The van der Waals surface area contributed by atoms with Gasteiger partial charge in [0.2, 0.25) is 11.8 Å². The molecule has 0 bridgehead atoms. The molecule has 3 aromatic carbocycles. The molecule has 0 fully saturated rings. The highest BCUT2D eigenvalue weighted by Crippen LogP contribution is 2.17. The van der Waals surface area contributed by atoms with Crippen LogP contribution in [-0.2, 0) is 16.2 Å². The van der Waals surface area contributed by atoms with Crippen molar-refractivity contribution in [3.05, 3.63) is 102 Å². The van der Waals surface area contributed by atoms with Crippen molar-refractivity contribution in [1.82, 2.24) is 5.32 Å². The fraction of sp³-hybridized carbons (Fsp3) is 0.115. The molecule has 3 rings (SSSR count). The van der Waals surface area contributed by atoms with Crippen LogP contribution in [-0.4, -0.2) is 24.3 Å². The van der Waals surface area contributed by atoms with Gasteiger partial charge in [0.05, 0.1) is 11.3 Å². The number of primary amides is 1. The Labute approximate surface area is 192 Å². The number of nitrogens with one attached hydrogen (secondary N) is 2. The lowest BCUT2D eigenvalue weighted by atomic mass is 10.1. The summed E-state index contributed by atoms with van der Waals surface area (Å²) in [7, 11) is 0. The van der Waals surface area contributed by atoms with Gasteiger partial charge < -0.3 is 21.1 Å². The first-order chi connectivity index (χ1) is 16.0. The van der Waals surface area contributed by atoms with E-state index in [1.54, 1.807) is 30.3 Å². The number of hydrogen-bond acceptors (Lipinski definition) is 4. The fourth-order valence-electron chi connectivity index (χ4n) is 2.98. The van der Waals surface area contributed by atoms with Gasteiger partial charge in [0, 0.05) is 19.0 Å². The molecule has 0 saturated heterocycles. The highest BCUT2D eigenvalue weighted by molar-refractivity contribution is 6.07. The maximum absolute atomic E-state index is 12.4. The number of ether oxygens (including phenoxy) is 1. The van der Waals surface area contributed by atoms with Gasteiger partial charge in [-0.25, -0.2) is 0 Å². The Morgan fingerprint density at radius 1 is 0.909 bits per heavy atom. The molecule has 33 heavy (non-hydrogen) atoms. The van der Waals surface area contributed by atoms with E-state index in [-0.39, 0.29) is 18.9 Å². The molecule has 0 radical (unpaired) electrons. The molecule has 0 unspecified atom stereocenters. The second-order valence-corrected chi connectivity index (χ2v) is 7.19. The van der Waals surface area contributed by atoms with E-state index in [9.17, 15) is 14.4 Å². The molecule has 0 atom stereocenters. The third kappa shape index (κ3) is 7.66. The van der Waals surface area contributed by atoms with Gasteiger partial charge in [0.25, 0.3) is 5.91 Å². The summed E-state index contributed by atoms with van der Waals surface area (Å²) in [6.07, 6.45) is 3.09. The zero-order chi connectivity index (χ0) is 23.5. The topological polar surface area (TPSA) is 111 Å². The summed E-state index contributed by atoms with van der Waals surface area (Å²) in [6.45, 7) is 0.575. The molecular weight excluding hydrogens is 418 g/mol. The summed E-state index contributed by atoms with van der Waals surface area (Å²) in [5.74, 6) is -0.599. The summed E-state index contributed by atoms with van der Waals surface area (Å²) >= 11 is 0. The van der Waals surface area contributed by atoms with Crippen molar-refractivity contribution in [2.45, 2.75) is 13.0 Å². The molecule has 4 N–H and O–H groups in total. The molecule has 0 aromatic heterocycles. The maximum Gasteiger partial charge on any atom is 0.253 e. The standard InChI is InChI=1S/C26H25N3O4/c27-24(30)15-16-28-26(32)22-11-4-5-12-23(22)29-25(31)14-13-19-9-6-10-21(17-19)33-18-20-7-2-1-3-8-20/h1-14,17H,15-16,18H2,(H2,27,30)(H,28,32)(H,29,31)/b14-13+. The average Bonchev–Trinajstić information content (AvgIpc) is 2.82. The zero-order valence-electron chi connectivity index (χ0n) is 18.0. The smallest absolute Gasteiger partial charge is 0.253 e. The molecule has 7 heteroatoms. The van der Waals surface area contributed by atoms with Crippen LogP contribution < -0.4 is 21.1 Å². The van der Waals surface area contributed by atoms with Crippen LogP contribution in [0.2, 0.25) is 0 Å². The van der Waals surface area contributed by atoms with Crippen molar-refractivity contribution in [2.24, 2.45) is 5.73 Å². The summed E-state index contributed by atoms with van der Waals surface area (Å²) in [5.41, 5.74) is 7.60. The molecule has 3 amide bonds. The first-order valence-electron chi connectivity index (χ1n) is 10.4. The van der Waals surface area contributed by atoms with Gasteiger partial charge in [-0.3, -0.25) is 14.4 Å². The van der Waals surface area contributed by atoms with Crippen LogP contribution in [0.25, 0.3) is 6.08 Å². The minimum Gasteiger partial charge on any atom is -0.489 e. The number of amides is 3. The first-order valence-corrected chi connectivity index (χ1v) is 10.4. The predicted molar refractivity (Wildman–Crippen MR) is 127 cm³/mol. The molecule has 0 aliphatic heterocycles. The molecule has 7 nitrogen and oxygen atoms in total. The third-order valence-corrected chi connectivity index (χ3v) is 4.62. The van der Waals surface area contributed by atoms with E-state index < -0.39 is 11.8 Å². The Hall–Kier alpha value is -4.39. The summed E-state index contributed by atoms with van der Waals surface area (Å²) in [5, 5.41) is 5.32. The number of carbonyl (C=O) groups excluding carboxylic acids is 3. The zero-order valence-corrected chi connectivity index (χ0v) is 18.0. The number of hydrogen-bond donors (Lipinski definition) is 3. The average molecular weight is 444 g/mol. The van der Waals surface area contributed by atoms with Gasteiger partial charge in [-0.05, 0) is 41.5 Å². The number of rotatable bonds is 10. The Balaban J connectivity index is 1.59. The Bertz CT molecular complexity index is 1140. The van der Waals surface area contributed by atoms with Crippen molar-refractivity contribution in [3.8, 4) is 5.75 Å². The van der Waals surface area contributed by atoms with Crippen LogP contribution >= 0.6 is 0 Å². The highest BCUT2D eigenvalue weighted by atomic mass is 16.5. The number of benzene rings is 3. The minimum absolute atomic E-state index is 0.0388. The SMILES string of the molecule is NC(=O)CCNC(=O)c1ccccc1NC(=O)/C=C/c1cccc(OCc2ccccc2)c1. The Kier molecular flexibility index (Phi) is 8.36. The number of nitrogens with two attached hydrogens (primary N) is 1. The van der Waals surface area contributed by atoms with Crippen molar-refractivity contribution < 1.29 is 19.1 Å². The number of anilines is 1. The second kappa shape index (κ2) is 11.9. The normalized spacial score (nSPS) is 10.5. The summed E-state index contributed by atoms with van der Waals surface area (Å²) in [6, 6.07) is 23.9. The van der Waals surface area contributed by atoms with Gasteiger partial charge in [-0.2, -0.15) is 0 Å². The molecule has 0 aliphatic rings. The Morgan fingerprint density at radius 2 is 1.67 bits per heavy atom. The minimum atomic E-state index is -0.503. The van der Waals surface area contributed by atoms with Crippen molar-refractivity contribution in [2.75, 3.05) is 11.9 Å². The number of carbonyl (C=O) groups is 3. The van der Waals surface area contributed by atoms with Crippen molar-refractivity contribution >= 4 is 29.5 Å². The Morgan fingerprint density at radius 3 is 2.45 bits per heavy atom. The van der Waals surface area contributed by atoms with Gasteiger partial charge in [-0.15, -0.1) is 0 Å². The molecule has 168 valence electrons. The lowest BCUT2D eigenvalue weighted by Gasteiger charge is -2.10. The van der Waals surface area contributed by atoms with Crippen LogP contribution in [0.3, 0.4) is 0 Å². The van der Waals surface area contributed by atoms with Crippen LogP contribution in [0.5, 0.6) is 5.75 Å². The quantitative estimate of drug-likeness (QED) is 0.416. The van der Waals surface area contributed by atoms with Gasteiger partial charge in [0.1, 0.15) is 12.4 Å². The van der Waals surface area contributed by atoms with Crippen molar-refractivity contribution in [3.63, 3.8) is 0 Å². The fourth-order valence-corrected chi connectivity index (χ4v) is 2.98. The van der Waals surface area contributed by atoms with Crippen molar-refractivity contribution in [1.29, 1.82) is 0 Å². The second-order valence-electron chi connectivity index (χ2n) is 7.19. The van der Waals surface area contributed by atoms with E-state index in [0.29, 0.717) is 23.6 Å². The molecule has 0 saturated carbocycles. The lowest BCUT2D eigenvalue weighted by molar-refractivity contribution is -0.118. The van der Waals surface area contributed by atoms with E-state index in [2.05, 4.69) is 10.6 Å². The summed E-state index contributed by atoms with van der Waals surface area (Å²) in [4.78, 5) is 35.6. The highest BCUT2D eigenvalue weighted by Gasteiger charge is 2.12. The van der Waals surface area contributed by atoms with Crippen LogP contribution in [0.15, 0.2) is 84.9 Å². The van der Waals surface area contributed by atoms with E-state index in [1.165, 1.54) is 6.08 Å². The van der Waals surface area contributed by atoms with Crippen LogP contribution in [0.4, 0.5) is 5.69 Å². The molecule has 0 spiro atoms. The van der Waals surface area contributed by atoms with Crippen LogP contribution in [0.1, 0.15) is 27.9 Å². The largest absolute Gasteiger partial charge is 0.489 e. The summed E-state index contributed by atoms with van der Waals surface area (Å²) < 4.78 is 5.82. The predicted octanol–water partition coefficient (Wildman–Crippen LogP) is 3.52. The van der Waals surface area contributed by atoms with Gasteiger partial charge in [-0.1, -0.05) is 54.6 Å². The van der Waals surface area contributed by atoms with E-state index in [1.807, 2.05) is 54.6 Å². The third-order valence-electron chi connectivity index (χ3n) is 4.62. The van der Waals surface area contributed by atoms with Gasteiger partial charge >= 0.3 is 0 Å². The molecular formula is C26H25N3O4.